The first-order valence-electron chi connectivity index (χ1n) is 20.6. The summed E-state index contributed by atoms with van der Waals surface area (Å²) in [6.07, 6.45) is 6.54. The third kappa shape index (κ3) is 6.77. The topological polar surface area (TPSA) is 3.24 Å². The minimum Gasteiger partial charge on any atom is -0.311 e. The average molecular weight is 766 g/mol. The number of fused-ring (bicyclic) bond motifs is 6. The molecule has 10 rings (SSSR count). The normalized spacial score (nSPS) is 11.8. The van der Waals surface area contributed by atoms with Crippen molar-refractivity contribution >= 4 is 60.0 Å². The number of allylic oxidation sites excluding steroid dienone is 4. The fraction of sp³-hybridized carbons (Fsp3) is 0.0169. The van der Waals surface area contributed by atoms with Crippen molar-refractivity contribution in [1.29, 1.82) is 0 Å². The van der Waals surface area contributed by atoms with Crippen LogP contribution in [0.2, 0.25) is 0 Å². The van der Waals surface area contributed by atoms with Crippen molar-refractivity contribution in [3.63, 3.8) is 0 Å². The van der Waals surface area contributed by atoms with Crippen LogP contribution in [0.5, 0.6) is 0 Å². The molecule has 0 aliphatic carbocycles. The van der Waals surface area contributed by atoms with Crippen LogP contribution in [0.15, 0.2) is 243 Å². The van der Waals surface area contributed by atoms with Crippen LogP contribution in [-0.4, -0.2) is 0 Å². The molecule has 0 aliphatic rings. The summed E-state index contributed by atoms with van der Waals surface area (Å²) in [6.45, 7) is 6.73. The molecule has 0 fully saturated rings. The Kier molecular flexibility index (Phi) is 9.69. The molecule has 0 saturated heterocycles. The third-order valence-electron chi connectivity index (χ3n) is 11.8. The Bertz CT molecular complexity index is 3260. The van der Waals surface area contributed by atoms with Crippen molar-refractivity contribution in [3.8, 4) is 33.4 Å². The van der Waals surface area contributed by atoms with Crippen LogP contribution in [0.25, 0.3) is 82.0 Å². The third-order valence-corrected chi connectivity index (χ3v) is 11.8. The second-order valence-corrected chi connectivity index (χ2v) is 15.3. The first-order valence-corrected chi connectivity index (χ1v) is 20.6. The van der Waals surface area contributed by atoms with Crippen molar-refractivity contribution in [2.45, 2.75) is 6.92 Å². The molecule has 0 atom stereocenters. The number of anilines is 2. The van der Waals surface area contributed by atoms with E-state index in [4.69, 9.17) is 0 Å². The van der Waals surface area contributed by atoms with Gasteiger partial charge in [-0.2, -0.15) is 0 Å². The SMILES string of the molecule is C=C(/C=C\C(=C/C)N(c1ccc(-c2ccccc2)cc1)c1ccc(-c2ccccc2-c2cc3ccccc3c3ccccc23)cc1)c1cc2ccccc2c2ccccc12. The van der Waals surface area contributed by atoms with E-state index >= 15 is 0 Å². The van der Waals surface area contributed by atoms with E-state index in [2.05, 4.69) is 249 Å². The van der Waals surface area contributed by atoms with Gasteiger partial charge in [-0.1, -0.05) is 195 Å². The lowest BCUT2D eigenvalue weighted by Crippen LogP contribution is -2.15. The monoisotopic (exact) mass is 765 g/mol. The molecule has 10 aromatic rings. The van der Waals surface area contributed by atoms with Crippen molar-refractivity contribution in [2.75, 3.05) is 4.90 Å². The lowest BCUT2D eigenvalue weighted by molar-refractivity contribution is 1.20. The van der Waals surface area contributed by atoms with E-state index in [1.165, 1.54) is 76.5 Å². The van der Waals surface area contributed by atoms with Crippen LogP contribution < -0.4 is 4.90 Å². The van der Waals surface area contributed by atoms with Gasteiger partial charge < -0.3 is 4.90 Å². The molecule has 0 amide bonds. The number of hydrogen-bond donors (Lipinski definition) is 0. The Morgan fingerprint density at radius 3 is 1.48 bits per heavy atom. The van der Waals surface area contributed by atoms with Crippen LogP contribution in [0.4, 0.5) is 11.4 Å². The van der Waals surface area contributed by atoms with Gasteiger partial charge >= 0.3 is 0 Å². The van der Waals surface area contributed by atoms with E-state index in [-0.39, 0.29) is 0 Å². The van der Waals surface area contributed by atoms with E-state index in [0.717, 1.165) is 28.2 Å². The molecule has 0 aromatic heterocycles. The largest absolute Gasteiger partial charge is 0.311 e. The lowest BCUT2D eigenvalue weighted by atomic mass is 9.89. The smallest absolute Gasteiger partial charge is 0.0461 e. The highest BCUT2D eigenvalue weighted by atomic mass is 15.1. The highest BCUT2D eigenvalue weighted by molar-refractivity contribution is 6.15. The van der Waals surface area contributed by atoms with E-state index in [9.17, 15) is 0 Å². The molecule has 60 heavy (non-hydrogen) atoms. The fourth-order valence-electron chi connectivity index (χ4n) is 8.81. The summed E-state index contributed by atoms with van der Waals surface area (Å²) in [7, 11) is 0. The molecule has 0 spiro atoms. The van der Waals surface area contributed by atoms with Gasteiger partial charge in [0.15, 0.2) is 0 Å². The van der Waals surface area contributed by atoms with Crippen LogP contribution in [-0.2, 0) is 0 Å². The zero-order valence-corrected chi connectivity index (χ0v) is 33.6. The van der Waals surface area contributed by atoms with Crippen LogP contribution in [0, 0.1) is 0 Å². The van der Waals surface area contributed by atoms with E-state index in [1.807, 2.05) is 0 Å². The lowest BCUT2D eigenvalue weighted by Gasteiger charge is -2.27. The van der Waals surface area contributed by atoms with Gasteiger partial charge in [0, 0.05) is 17.1 Å². The van der Waals surface area contributed by atoms with Gasteiger partial charge in [-0.05, 0) is 137 Å². The Balaban J connectivity index is 1.05. The molecule has 0 heterocycles. The van der Waals surface area contributed by atoms with Crippen molar-refractivity contribution in [3.05, 3.63) is 248 Å². The van der Waals surface area contributed by atoms with Gasteiger partial charge in [-0.3, -0.25) is 0 Å². The molecular formula is C59H43N. The summed E-state index contributed by atoms with van der Waals surface area (Å²) in [6, 6.07) is 76.6. The molecule has 0 saturated carbocycles. The van der Waals surface area contributed by atoms with Gasteiger partial charge in [0.05, 0.1) is 0 Å². The van der Waals surface area contributed by atoms with Crippen molar-refractivity contribution < 1.29 is 0 Å². The van der Waals surface area contributed by atoms with Crippen molar-refractivity contribution in [2.24, 2.45) is 0 Å². The van der Waals surface area contributed by atoms with E-state index in [0.29, 0.717) is 0 Å². The summed E-state index contributed by atoms with van der Waals surface area (Å²) in [5.74, 6) is 0. The quantitative estimate of drug-likeness (QED) is 0.104. The first-order chi connectivity index (χ1) is 29.6. The predicted octanol–water partition coefficient (Wildman–Crippen LogP) is 16.6. The molecule has 1 nitrogen and oxygen atoms in total. The number of benzene rings is 10. The highest BCUT2D eigenvalue weighted by Crippen LogP contribution is 2.41. The number of hydrogen-bond acceptors (Lipinski definition) is 1. The molecular weight excluding hydrogens is 723 g/mol. The van der Waals surface area contributed by atoms with E-state index in [1.54, 1.807) is 0 Å². The summed E-state index contributed by atoms with van der Waals surface area (Å²) >= 11 is 0. The van der Waals surface area contributed by atoms with Gasteiger partial charge in [0.1, 0.15) is 0 Å². The molecule has 0 bridgehead atoms. The zero-order valence-electron chi connectivity index (χ0n) is 33.6. The zero-order chi connectivity index (χ0) is 40.4. The van der Waals surface area contributed by atoms with Crippen LogP contribution >= 0.6 is 0 Å². The van der Waals surface area contributed by atoms with Crippen LogP contribution in [0.3, 0.4) is 0 Å². The maximum atomic E-state index is 4.62. The molecule has 0 N–H and O–H groups in total. The first kappa shape index (κ1) is 36.6. The molecule has 1 heteroatoms. The molecule has 10 aromatic carbocycles. The van der Waals surface area contributed by atoms with Crippen molar-refractivity contribution in [1.82, 2.24) is 0 Å². The minimum atomic E-state index is 0.962. The van der Waals surface area contributed by atoms with Gasteiger partial charge in [0.2, 0.25) is 0 Å². The van der Waals surface area contributed by atoms with Gasteiger partial charge in [0.25, 0.3) is 0 Å². The molecule has 0 radical (unpaired) electrons. The Morgan fingerprint density at radius 2 is 0.850 bits per heavy atom. The van der Waals surface area contributed by atoms with Gasteiger partial charge in [-0.25, -0.2) is 0 Å². The summed E-state index contributed by atoms with van der Waals surface area (Å²) in [4.78, 5) is 2.34. The maximum Gasteiger partial charge on any atom is 0.0461 e. The Labute approximate surface area is 352 Å². The molecule has 0 unspecified atom stereocenters. The molecule has 284 valence electrons. The minimum absolute atomic E-state index is 0.962. The molecule has 0 aliphatic heterocycles. The summed E-state index contributed by atoms with van der Waals surface area (Å²) in [5.41, 5.74) is 12.5. The standard InChI is InChI=1S/C59H43N/c1-3-47(34-29-41(2)58-39-45-19-7-9-22-51(45)53-24-13-15-27-56(53)58)60(48-35-30-43(31-36-48)42-17-5-4-6-18-42)49-37-32-44(33-38-49)50-21-11-12-26-55(50)59-40-46-20-8-10-23-52(46)54-25-14-16-28-57(54)59/h3-40H,2H2,1H3/b34-29-,47-3+. The Hall–Kier alpha value is -7.74. The Morgan fingerprint density at radius 1 is 0.383 bits per heavy atom. The number of nitrogens with zero attached hydrogens (tertiary/aromatic N) is 1. The van der Waals surface area contributed by atoms with Gasteiger partial charge in [-0.15, -0.1) is 0 Å². The summed E-state index contributed by atoms with van der Waals surface area (Å²) in [5, 5.41) is 9.96. The summed E-state index contributed by atoms with van der Waals surface area (Å²) < 4.78 is 0. The second kappa shape index (κ2) is 15.9. The maximum absolute atomic E-state index is 4.62. The average Bonchev–Trinajstić information content (AvgIpc) is 3.32. The second-order valence-electron chi connectivity index (χ2n) is 15.3. The van der Waals surface area contributed by atoms with E-state index < -0.39 is 0 Å². The number of rotatable bonds is 9. The van der Waals surface area contributed by atoms with Crippen LogP contribution in [0.1, 0.15) is 12.5 Å². The predicted molar refractivity (Wildman–Crippen MR) is 260 cm³/mol. The fourth-order valence-corrected chi connectivity index (χ4v) is 8.81. The highest BCUT2D eigenvalue weighted by Gasteiger charge is 2.17.